The molecule has 0 aromatic heterocycles. The van der Waals surface area contributed by atoms with Gasteiger partial charge in [-0.25, -0.2) is 0 Å². The van der Waals surface area contributed by atoms with Gasteiger partial charge in [-0.05, 0) is 13.0 Å². The van der Waals surface area contributed by atoms with E-state index < -0.39 is 7.12 Å². The highest BCUT2D eigenvalue weighted by Crippen LogP contribution is 2.09. The zero-order valence-electron chi connectivity index (χ0n) is 8.05. The third kappa shape index (κ3) is 2.62. The van der Waals surface area contributed by atoms with Crippen molar-refractivity contribution in [2.75, 3.05) is 0 Å². The molecular formula is C10H13BO3. The van der Waals surface area contributed by atoms with Gasteiger partial charge in [-0.2, -0.15) is 0 Å². The number of para-hydroxylation sites is 1. The maximum atomic E-state index is 9.04. The van der Waals surface area contributed by atoms with Crippen LogP contribution in [-0.2, 0) is 0 Å². The molecule has 1 aromatic rings. The summed E-state index contributed by atoms with van der Waals surface area (Å²) in [6.07, 6.45) is 1.48. The number of hydrogen-bond acceptors (Lipinski definition) is 3. The highest BCUT2D eigenvalue weighted by atomic mass is 16.5. The van der Waals surface area contributed by atoms with Gasteiger partial charge in [0, 0.05) is 5.46 Å². The zero-order valence-corrected chi connectivity index (χ0v) is 8.05. The van der Waals surface area contributed by atoms with Gasteiger partial charge in [0.2, 0.25) is 0 Å². The van der Waals surface area contributed by atoms with Crippen LogP contribution in [0, 0.1) is 0 Å². The van der Waals surface area contributed by atoms with Crippen LogP contribution in [0.3, 0.4) is 0 Å². The highest BCUT2D eigenvalue weighted by Gasteiger charge is 2.16. The van der Waals surface area contributed by atoms with Gasteiger partial charge in [-0.15, -0.1) is 0 Å². The lowest BCUT2D eigenvalue weighted by Crippen LogP contribution is -2.32. The van der Waals surface area contributed by atoms with Crippen molar-refractivity contribution in [2.24, 2.45) is 0 Å². The lowest BCUT2D eigenvalue weighted by Gasteiger charge is -2.13. The fourth-order valence-corrected chi connectivity index (χ4v) is 1.05. The fourth-order valence-electron chi connectivity index (χ4n) is 1.05. The summed E-state index contributed by atoms with van der Waals surface area (Å²) in [5.41, 5.74) is 0.362. The summed E-state index contributed by atoms with van der Waals surface area (Å²) in [4.78, 5) is 0. The van der Waals surface area contributed by atoms with Gasteiger partial charge >= 0.3 is 7.12 Å². The van der Waals surface area contributed by atoms with Crippen molar-refractivity contribution in [3.8, 4) is 5.75 Å². The van der Waals surface area contributed by atoms with Crippen molar-refractivity contribution in [1.29, 1.82) is 0 Å². The minimum Gasteiger partial charge on any atom is -0.487 e. The number of rotatable bonds is 4. The van der Waals surface area contributed by atoms with Crippen LogP contribution in [0.5, 0.6) is 5.75 Å². The van der Waals surface area contributed by atoms with Crippen LogP contribution in [0.2, 0.25) is 0 Å². The molecule has 0 radical (unpaired) electrons. The molecule has 74 valence electrons. The highest BCUT2D eigenvalue weighted by molar-refractivity contribution is 6.59. The Morgan fingerprint density at radius 1 is 1.43 bits per heavy atom. The Hall–Kier alpha value is -1.26. The van der Waals surface area contributed by atoms with Gasteiger partial charge in [0.15, 0.2) is 0 Å². The minimum absolute atomic E-state index is 0.158. The number of benzene rings is 1. The number of ether oxygens (including phenoxy) is 1. The average Bonchev–Trinajstić information content (AvgIpc) is 2.18. The predicted octanol–water partition coefficient (Wildman–Crippen LogP) is 0.320. The lowest BCUT2D eigenvalue weighted by atomic mass is 9.79. The normalized spacial score (nSPS) is 11.9. The predicted molar refractivity (Wildman–Crippen MR) is 56.6 cm³/mol. The Morgan fingerprint density at radius 2 is 2.07 bits per heavy atom. The molecule has 0 fully saturated rings. The van der Waals surface area contributed by atoms with Crippen LogP contribution in [0.1, 0.15) is 6.92 Å². The molecule has 0 amide bonds. The molecule has 0 spiro atoms. The molecule has 0 heterocycles. The Bertz CT molecular complexity index is 312. The molecule has 1 atom stereocenters. The second-order valence-corrected chi connectivity index (χ2v) is 2.97. The van der Waals surface area contributed by atoms with E-state index in [1.807, 2.05) is 6.92 Å². The smallest absolute Gasteiger partial charge is 0.487 e. The molecule has 1 unspecified atom stereocenters. The number of hydrogen-bond donors (Lipinski definition) is 2. The van der Waals surface area contributed by atoms with Crippen LogP contribution in [0.4, 0.5) is 0 Å². The molecule has 14 heavy (non-hydrogen) atoms. The van der Waals surface area contributed by atoms with E-state index in [4.69, 9.17) is 14.8 Å². The molecule has 3 nitrogen and oxygen atoms in total. The van der Waals surface area contributed by atoms with Crippen LogP contribution in [0.15, 0.2) is 36.9 Å². The van der Waals surface area contributed by atoms with Crippen LogP contribution in [-0.4, -0.2) is 23.3 Å². The van der Waals surface area contributed by atoms with E-state index in [-0.39, 0.29) is 6.10 Å². The van der Waals surface area contributed by atoms with E-state index in [9.17, 15) is 0 Å². The quantitative estimate of drug-likeness (QED) is 0.533. The average molecular weight is 192 g/mol. The minimum atomic E-state index is -1.51. The molecule has 0 bridgehead atoms. The van der Waals surface area contributed by atoms with Crippen molar-refractivity contribution in [2.45, 2.75) is 13.0 Å². The van der Waals surface area contributed by atoms with Gasteiger partial charge in [0.05, 0.1) is 0 Å². The molecule has 0 aliphatic heterocycles. The topological polar surface area (TPSA) is 49.7 Å². The van der Waals surface area contributed by atoms with E-state index in [0.29, 0.717) is 11.2 Å². The Morgan fingerprint density at radius 3 is 2.64 bits per heavy atom. The SMILES string of the molecule is C=CC(C)Oc1ccccc1B(O)O. The Balaban J connectivity index is 2.89. The molecule has 1 aromatic carbocycles. The van der Waals surface area contributed by atoms with Crippen LogP contribution < -0.4 is 10.2 Å². The molecule has 1 rings (SSSR count). The maximum Gasteiger partial charge on any atom is 0.492 e. The molecule has 0 aliphatic rings. The zero-order chi connectivity index (χ0) is 10.6. The second-order valence-electron chi connectivity index (χ2n) is 2.97. The largest absolute Gasteiger partial charge is 0.492 e. The molecule has 0 aliphatic carbocycles. The molecule has 0 saturated carbocycles. The Kier molecular flexibility index (Phi) is 3.74. The third-order valence-electron chi connectivity index (χ3n) is 1.84. The van der Waals surface area contributed by atoms with Crippen molar-refractivity contribution < 1.29 is 14.8 Å². The third-order valence-corrected chi connectivity index (χ3v) is 1.84. The maximum absolute atomic E-state index is 9.04. The molecule has 4 heteroatoms. The molecule has 0 saturated heterocycles. The van der Waals surface area contributed by atoms with E-state index >= 15 is 0 Å². The fraction of sp³-hybridized carbons (Fsp3) is 0.200. The first-order valence-electron chi connectivity index (χ1n) is 4.39. The first-order chi connectivity index (χ1) is 6.65. The van der Waals surface area contributed by atoms with Crippen molar-refractivity contribution in [1.82, 2.24) is 0 Å². The first kappa shape index (κ1) is 10.8. The van der Waals surface area contributed by atoms with E-state index in [1.165, 1.54) is 0 Å². The first-order valence-corrected chi connectivity index (χ1v) is 4.39. The van der Waals surface area contributed by atoms with E-state index in [2.05, 4.69) is 6.58 Å². The van der Waals surface area contributed by atoms with Gasteiger partial charge in [-0.3, -0.25) is 0 Å². The summed E-state index contributed by atoms with van der Waals surface area (Å²) in [5.74, 6) is 0.468. The van der Waals surface area contributed by atoms with Crippen LogP contribution >= 0.6 is 0 Å². The lowest BCUT2D eigenvalue weighted by molar-refractivity contribution is 0.271. The van der Waals surface area contributed by atoms with Gasteiger partial charge < -0.3 is 14.8 Å². The van der Waals surface area contributed by atoms with Gasteiger partial charge in [0.25, 0.3) is 0 Å². The second kappa shape index (κ2) is 4.84. The molecule has 2 N–H and O–H groups in total. The standard InChI is InChI=1S/C10H13BO3/c1-3-8(2)14-10-7-5-4-6-9(10)11(12)13/h3-8,12-13H,1H2,2H3. The monoisotopic (exact) mass is 192 g/mol. The van der Waals surface area contributed by atoms with Gasteiger partial charge in [-0.1, -0.05) is 30.9 Å². The van der Waals surface area contributed by atoms with Crippen molar-refractivity contribution >= 4 is 12.6 Å². The Labute approximate surface area is 83.8 Å². The summed E-state index contributed by atoms with van der Waals surface area (Å²) < 4.78 is 5.42. The van der Waals surface area contributed by atoms with E-state index in [0.717, 1.165) is 0 Å². The van der Waals surface area contributed by atoms with Gasteiger partial charge in [0.1, 0.15) is 11.9 Å². The summed E-state index contributed by atoms with van der Waals surface area (Å²) in [7, 11) is -1.51. The van der Waals surface area contributed by atoms with Crippen molar-refractivity contribution in [3.63, 3.8) is 0 Å². The summed E-state index contributed by atoms with van der Waals surface area (Å²) in [6, 6.07) is 6.79. The summed E-state index contributed by atoms with van der Waals surface area (Å²) >= 11 is 0. The summed E-state index contributed by atoms with van der Waals surface area (Å²) in [6.45, 7) is 5.41. The van der Waals surface area contributed by atoms with E-state index in [1.54, 1.807) is 30.3 Å². The summed E-state index contributed by atoms with van der Waals surface area (Å²) in [5, 5.41) is 18.1. The van der Waals surface area contributed by atoms with Crippen molar-refractivity contribution in [3.05, 3.63) is 36.9 Å². The molecular weight excluding hydrogens is 179 g/mol. The van der Waals surface area contributed by atoms with Crippen LogP contribution in [0.25, 0.3) is 0 Å².